The van der Waals surface area contributed by atoms with Crippen LogP contribution >= 0.6 is 11.6 Å². The molecule has 8 nitrogen and oxygen atoms in total. The highest BCUT2D eigenvalue weighted by molar-refractivity contribution is 7.89. The number of hydrogen-bond acceptors (Lipinski definition) is 6. The maximum absolute atomic E-state index is 12.3. The number of likely N-dealkylation sites (N-methyl/N-ethyl adjacent to an activating group) is 1. The van der Waals surface area contributed by atoms with Gasteiger partial charge in [0, 0.05) is 11.6 Å². The topological polar surface area (TPSA) is 122 Å². The van der Waals surface area contributed by atoms with E-state index >= 15 is 0 Å². The highest BCUT2D eigenvalue weighted by Gasteiger charge is 2.32. The van der Waals surface area contributed by atoms with Crippen LogP contribution in [0.4, 0.5) is 0 Å². The van der Waals surface area contributed by atoms with Crippen LogP contribution in [0, 0.1) is 0 Å². The molecule has 3 N–H and O–H groups in total. The monoisotopic (exact) mass is 392 g/mol. The summed E-state index contributed by atoms with van der Waals surface area (Å²) in [6.07, 6.45) is -2.51. The van der Waals surface area contributed by atoms with Crippen molar-refractivity contribution in [2.75, 3.05) is 6.54 Å². The Balaban J connectivity index is 2.91. The van der Waals surface area contributed by atoms with Crippen molar-refractivity contribution in [2.24, 2.45) is 0 Å². The van der Waals surface area contributed by atoms with Crippen molar-refractivity contribution < 1.29 is 27.9 Å². The second-order valence-electron chi connectivity index (χ2n) is 5.27. The summed E-state index contributed by atoms with van der Waals surface area (Å²) >= 11 is 5.71. The molecular weight excluding hydrogens is 372 g/mol. The van der Waals surface area contributed by atoms with E-state index in [1.54, 1.807) is 6.92 Å². The van der Waals surface area contributed by atoms with Crippen LogP contribution in [0.5, 0.6) is 0 Å². The van der Waals surface area contributed by atoms with E-state index in [1.807, 2.05) is 0 Å². The number of amides is 1. The third-order valence-electron chi connectivity index (χ3n) is 3.16. The average Bonchev–Trinajstić information content (AvgIpc) is 2.52. The number of ether oxygens (including phenoxy) is 1. The normalized spacial score (nSPS) is 15.1. The van der Waals surface area contributed by atoms with Gasteiger partial charge in [-0.25, -0.2) is 8.42 Å². The fraction of sp³-hybridized carbons (Fsp3) is 0.467. The summed E-state index contributed by atoms with van der Waals surface area (Å²) in [7, 11) is -4.10. The van der Waals surface area contributed by atoms with E-state index in [4.69, 9.17) is 16.3 Å². The summed E-state index contributed by atoms with van der Waals surface area (Å²) in [5.74, 6) is -1.59. The Bertz CT molecular complexity index is 705. The molecule has 3 atom stereocenters. The SMILES string of the molecule is CCNC(=O)[C@@H](C)OC(=O)[C@@H](NS(=O)(=O)c1ccc(Cl)cc1)[C@@H](C)O. The van der Waals surface area contributed by atoms with E-state index in [2.05, 4.69) is 10.0 Å². The predicted molar refractivity (Wildman–Crippen MR) is 91.5 cm³/mol. The number of sulfonamides is 1. The Kier molecular flexibility index (Phi) is 7.81. The van der Waals surface area contributed by atoms with Crippen LogP contribution in [0.2, 0.25) is 5.02 Å². The van der Waals surface area contributed by atoms with Gasteiger partial charge in [0.25, 0.3) is 5.91 Å². The van der Waals surface area contributed by atoms with Gasteiger partial charge in [0.15, 0.2) is 6.10 Å². The summed E-state index contributed by atoms with van der Waals surface area (Å²) in [5.41, 5.74) is 0. The number of benzene rings is 1. The van der Waals surface area contributed by atoms with Gasteiger partial charge in [0.05, 0.1) is 11.0 Å². The molecule has 0 spiro atoms. The summed E-state index contributed by atoms with van der Waals surface area (Å²) < 4.78 is 31.7. The molecule has 140 valence electrons. The minimum Gasteiger partial charge on any atom is -0.451 e. The lowest BCUT2D eigenvalue weighted by Crippen LogP contribution is -2.50. The summed E-state index contributed by atoms with van der Waals surface area (Å²) in [6, 6.07) is 3.70. The Morgan fingerprint density at radius 2 is 1.80 bits per heavy atom. The van der Waals surface area contributed by atoms with Gasteiger partial charge in [-0.15, -0.1) is 0 Å². The molecule has 1 rings (SSSR count). The average molecular weight is 393 g/mol. The van der Waals surface area contributed by atoms with Crippen LogP contribution in [0.25, 0.3) is 0 Å². The van der Waals surface area contributed by atoms with Gasteiger partial charge >= 0.3 is 5.97 Å². The lowest BCUT2D eigenvalue weighted by Gasteiger charge is -2.22. The number of aliphatic hydroxyl groups excluding tert-OH is 1. The number of carbonyl (C=O) groups excluding carboxylic acids is 2. The molecule has 1 aromatic rings. The number of rotatable bonds is 8. The van der Waals surface area contributed by atoms with Crippen molar-refractivity contribution in [3.05, 3.63) is 29.3 Å². The standard InChI is InChI=1S/C15H21ClN2O6S/c1-4-17-14(20)10(3)24-15(21)13(9(2)19)18-25(22,23)12-7-5-11(16)6-8-12/h5-10,13,18-19H,4H2,1-3H3,(H,17,20)/t9-,10-,13+/m1/s1. The molecule has 1 aromatic carbocycles. The van der Waals surface area contributed by atoms with E-state index < -0.39 is 40.1 Å². The summed E-state index contributed by atoms with van der Waals surface area (Å²) in [5, 5.41) is 12.6. The molecule has 0 aliphatic carbocycles. The van der Waals surface area contributed by atoms with Gasteiger partial charge in [-0.3, -0.25) is 9.59 Å². The third-order valence-corrected chi connectivity index (χ3v) is 4.86. The first kappa shape index (κ1) is 21.4. The van der Waals surface area contributed by atoms with Crippen molar-refractivity contribution in [3.8, 4) is 0 Å². The summed E-state index contributed by atoms with van der Waals surface area (Å²) in [4.78, 5) is 23.6. The molecule has 0 radical (unpaired) electrons. The molecule has 0 fully saturated rings. The molecule has 1 amide bonds. The van der Waals surface area contributed by atoms with Gasteiger partial charge in [-0.1, -0.05) is 11.6 Å². The Labute approximate surface area is 151 Å². The van der Waals surface area contributed by atoms with Crippen molar-refractivity contribution in [1.82, 2.24) is 10.0 Å². The first-order valence-electron chi connectivity index (χ1n) is 7.52. The molecule has 0 aliphatic rings. The van der Waals surface area contributed by atoms with Crippen molar-refractivity contribution in [3.63, 3.8) is 0 Å². The smallest absolute Gasteiger partial charge is 0.327 e. The fourth-order valence-corrected chi connectivity index (χ4v) is 3.20. The highest BCUT2D eigenvalue weighted by atomic mass is 35.5. The van der Waals surface area contributed by atoms with E-state index in [0.717, 1.165) is 0 Å². The van der Waals surface area contributed by atoms with Crippen LogP contribution < -0.4 is 10.0 Å². The van der Waals surface area contributed by atoms with E-state index in [-0.39, 0.29) is 4.90 Å². The second-order valence-corrected chi connectivity index (χ2v) is 7.42. The van der Waals surface area contributed by atoms with E-state index in [0.29, 0.717) is 11.6 Å². The van der Waals surface area contributed by atoms with Crippen LogP contribution in [-0.2, 0) is 24.3 Å². The number of nitrogens with one attached hydrogen (secondary N) is 2. The van der Waals surface area contributed by atoms with Gasteiger partial charge in [-0.05, 0) is 45.0 Å². The van der Waals surface area contributed by atoms with Crippen molar-refractivity contribution in [2.45, 2.75) is 43.9 Å². The molecule has 0 unspecified atom stereocenters. The lowest BCUT2D eigenvalue weighted by atomic mass is 10.2. The first-order valence-corrected chi connectivity index (χ1v) is 9.38. The number of halogens is 1. The maximum Gasteiger partial charge on any atom is 0.327 e. The van der Waals surface area contributed by atoms with Crippen LogP contribution in [0.3, 0.4) is 0 Å². The van der Waals surface area contributed by atoms with E-state index in [1.165, 1.54) is 38.1 Å². The number of carbonyl (C=O) groups is 2. The molecule has 0 bridgehead atoms. The number of aliphatic hydroxyl groups is 1. The number of hydrogen-bond donors (Lipinski definition) is 3. The second kappa shape index (κ2) is 9.14. The molecule has 25 heavy (non-hydrogen) atoms. The molecule has 0 saturated heterocycles. The first-order chi connectivity index (χ1) is 11.6. The zero-order chi connectivity index (χ0) is 19.2. The molecule has 0 aromatic heterocycles. The Hall–Kier alpha value is -1.68. The molecule has 0 heterocycles. The molecule has 0 aliphatic heterocycles. The maximum atomic E-state index is 12.3. The lowest BCUT2D eigenvalue weighted by molar-refractivity contribution is -0.158. The number of esters is 1. The third kappa shape index (κ3) is 6.28. The molecular formula is C15H21ClN2O6S. The zero-order valence-corrected chi connectivity index (χ0v) is 15.6. The molecule has 10 heteroatoms. The van der Waals surface area contributed by atoms with Crippen LogP contribution in [0.15, 0.2) is 29.2 Å². The van der Waals surface area contributed by atoms with Crippen LogP contribution in [0.1, 0.15) is 20.8 Å². The molecule has 0 saturated carbocycles. The van der Waals surface area contributed by atoms with Gasteiger partial charge in [0.1, 0.15) is 6.04 Å². The summed E-state index contributed by atoms with van der Waals surface area (Å²) in [6.45, 7) is 4.62. The van der Waals surface area contributed by atoms with E-state index in [9.17, 15) is 23.1 Å². The quantitative estimate of drug-likeness (QED) is 0.552. The van der Waals surface area contributed by atoms with Crippen molar-refractivity contribution >= 4 is 33.5 Å². The minimum atomic E-state index is -4.10. The predicted octanol–water partition coefficient (Wildman–Crippen LogP) is 0.435. The van der Waals surface area contributed by atoms with Crippen LogP contribution in [-0.4, -0.2) is 50.2 Å². The zero-order valence-electron chi connectivity index (χ0n) is 14.0. The van der Waals surface area contributed by atoms with Crippen molar-refractivity contribution in [1.29, 1.82) is 0 Å². The fourth-order valence-electron chi connectivity index (χ4n) is 1.81. The van der Waals surface area contributed by atoms with Gasteiger partial charge in [-0.2, -0.15) is 4.72 Å². The highest BCUT2D eigenvalue weighted by Crippen LogP contribution is 2.15. The van der Waals surface area contributed by atoms with Gasteiger partial charge < -0.3 is 15.2 Å². The largest absolute Gasteiger partial charge is 0.451 e. The Morgan fingerprint density at radius 1 is 1.24 bits per heavy atom. The Morgan fingerprint density at radius 3 is 2.28 bits per heavy atom. The van der Waals surface area contributed by atoms with Gasteiger partial charge in [0.2, 0.25) is 10.0 Å². The minimum absolute atomic E-state index is 0.132.